The number of ether oxygens (including phenoxy) is 4. The van der Waals surface area contributed by atoms with Crippen LogP contribution in [0, 0.1) is 47.9 Å². The molecule has 0 unspecified atom stereocenters. The van der Waals surface area contributed by atoms with Crippen LogP contribution in [0.2, 0.25) is 0 Å². The van der Waals surface area contributed by atoms with Crippen LogP contribution in [-0.2, 0) is 33.3 Å². The predicted octanol–water partition coefficient (Wildman–Crippen LogP) is 7.89. The maximum absolute atomic E-state index is 10.9. The molecular formula is C46H47Br5N6O10. The fourth-order valence-electron chi connectivity index (χ4n) is 3.37. The van der Waals surface area contributed by atoms with Gasteiger partial charge in [0.2, 0.25) is 0 Å². The molecular weight excluding hydrogens is 1200 g/mol. The van der Waals surface area contributed by atoms with Crippen LogP contribution in [0.5, 0.6) is 0 Å². The van der Waals surface area contributed by atoms with E-state index in [9.17, 15) is 14.4 Å². The first-order valence-corrected chi connectivity index (χ1v) is 23.3. The van der Waals surface area contributed by atoms with E-state index in [1.165, 1.54) is 0 Å². The Bertz CT molecular complexity index is 2310. The number of carboxylic acids is 1. The highest BCUT2D eigenvalue weighted by Crippen LogP contribution is 2.13. The van der Waals surface area contributed by atoms with Crippen molar-refractivity contribution in [3.05, 3.63) is 118 Å². The van der Waals surface area contributed by atoms with E-state index in [2.05, 4.69) is 151 Å². The number of terminal acetylenes is 1. The standard InChI is InChI=1S/C13H14BrNO3.C11H10BrNO3.C9H8BrNO.C5H3Br2N.C4H6N2O2.C4H6O/c1-2-18-13(16)10-17-8-4-3-5-12-9-11(14)6-7-15-12;12-9-4-5-13-10(7-9)3-1-2-6-16-8-11(14)15;10-8-4-5-11-9(7-8)3-1-2-6-12;6-4-1-2-8-5(7)3-4;1-2-8-4(7)3-6-5;1-2-3-4-5/h6-7,9H,2,4,8,10H2,1H3;4-5,7H,2,6,8H2,(H,14,15);4-5,7,12H,2,6H2;1-3H;3H,2H2,1H3;1,5H,3-4H2. The number of halogens is 5. The highest BCUT2D eigenvalue weighted by molar-refractivity contribution is 9.11. The number of nitrogens with zero attached hydrogens (tertiary/aromatic N) is 6. The van der Waals surface area contributed by atoms with Crippen LogP contribution in [0.15, 0.2) is 95.8 Å². The average Bonchev–Trinajstić information content (AvgIpc) is 3.28. The Hall–Kier alpha value is -5.13. The van der Waals surface area contributed by atoms with Gasteiger partial charge in [-0.3, -0.25) is 0 Å². The second kappa shape index (κ2) is 46.0. The lowest BCUT2D eigenvalue weighted by Crippen LogP contribution is -2.12. The SMILES string of the molecule is Brc1ccnc(Br)c1.C#CCCO.CCOC(=O)C=[N+]=[N-].CCOC(=O)COCCC#Cc1cc(Br)ccn1.O=C(O)COCCC#Cc1cc(Br)ccn1.OCCC#Cc1cc(Br)ccn1. The van der Waals surface area contributed by atoms with E-state index in [-0.39, 0.29) is 32.4 Å². The quantitative estimate of drug-likeness (QED) is 0.0220. The number of carboxylic acid groups (broad SMARTS) is 1. The molecule has 0 aliphatic rings. The number of aliphatic hydroxyl groups is 2. The molecule has 0 fully saturated rings. The minimum atomic E-state index is -0.971. The first-order valence-electron chi connectivity index (χ1n) is 19.3. The number of aliphatic carboxylic acids is 1. The van der Waals surface area contributed by atoms with Gasteiger partial charge in [0.05, 0.1) is 39.6 Å². The van der Waals surface area contributed by atoms with Crippen LogP contribution < -0.4 is 0 Å². The fourth-order valence-corrected chi connectivity index (χ4v) is 5.38. The van der Waals surface area contributed by atoms with Gasteiger partial charge in [-0.2, -0.15) is 4.79 Å². The number of pyridine rings is 4. The average molecular weight is 1240 g/mol. The summed E-state index contributed by atoms with van der Waals surface area (Å²) in [6.07, 6.45) is 14.2. The monoisotopic (exact) mass is 1240 g/mol. The Morgan fingerprint density at radius 1 is 0.657 bits per heavy atom. The number of hydrogen-bond donors (Lipinski definition) is 3. The zero-order chi connectivity index (χ0) is 50.3. The number of rotatable bonds is 13. The molecule has 4 rings (SSSR count). The number of aromatic nitrogens is 4. The van der Waals surface area contributed by atoms with Crippen LogP contribution in [-0.4, -0.2) is 117 Å². The Labute approximate surface area is 432 Å². The topological polar surface area (TPSA) is 237 Å². The molecule has 0 radical (unpaired) electrons. The normalized spacial score (nSPS) is 8.78. The Balaban J connectivity index is 0. The second-order valence-corrected chi connectivity index (χ2v) is 15.7. The number of aliphatic hydroxyl groups excluding tert-OH is 2. The molecule has 0 bridgehead atoms. The summed E-state index contributed by atoms with van der Waals surface area (Å²) in [4.78, 5) is 49.7. The van der Waals surface area contributed by atoms with Crippen molar-refractivity contribution in [1.82, 2.24) is 19.9 Å². The molecule has 0 spiro atoms. The summed E-state index contributed by atoms with van der Waals surface area (Å²) >= 11 is 16.5. The zero-order valence-electron chi connectivity index (χ0n) is 36.3. The maximum atomic E-state index is 10.9. The molecule has 4 aromatic heterocycles. The predicted molar refractivity (Wildman–Crippen MR) is 270 cm³/mol. The largest absolute Gasteiger partial charge is 0.480 e. The van der Waals surface area contributed by atoms with Gasteiger partial charge in [0.1, 0.15) is 34.9 Å². The van der Waals surface area contributed by atoms with Gasteiger partial charge in [-0.1, -0.05) is 81.5 Å². The van der Waals surface area contributed by atoms with Crippen molar-refractivity contribution in [3.8, 4) is 47.9 Å². The van der Waals surface area contributed by atoms with Crippen molar-refractivity contribution in [3.63, 3.8) is 0 Å². The molecule has 0 saturated heterocycles. The van der Waals surface area contributed by atoms with E-state index in [1.807, 2.05) is 48.5 Å². The molecule has 0 aromatic carbocycles. The molecule has 0 aliphatic heterocycles. The smallest absolute Gasteiger partial charge is 0.413 e. The highest BCUT2D eigenvalue weighted by atomic mass is 79.9. The minimum Gasteiger partial charge on any atom is -0.480 e. The van der Waals surface area contributed by atoms with E-state index in [4.69, 9.17) is 41.5 Å². The second-order valence-electron chi connectivity index (χ2n) is 11.2. The van der Waals surface area contributed by atoms with E-state index < -0.39 is 11.9 Å². The van der Waals surface area contributed by atoms with Crippen molar-refractivity contribution in [2.45, 2.75) is 39.5 Å². The number of hydrogen-bond acceptors (Lipinski definition) is 13. The maximum Gasteiger partial charge on any atom is 0.413 e. The molecule has 16 nitrogen and oxygen atoms in total. The molecule has 0 atom stereocenters. The fraction of sp³-hybridized carbons (Fsp3) is 0.304. The third-order valence-electron chi connectivity index (χ3n) is 5.94. The molecule has 356 valence electrons. The number of carbonyl (C=O) groups is 3. The van der Waals surface area contributed by atoms with Gasteiger partial charge in [-0.25, -0.2) is 34.3 Å². The van der Waals surface area contributed by atoms with Crippen molar-refractivity contribution in [2.24, 2.45) is 0 Å². The Kier molecular flexibility index (Phi) is 43.9. The molecule has 4 aromatic rings. The van der Waals surface area contributed by atoms with Crippen LogP contribution >= 0.6 is 79.6 Å². The summed E-state index contributed by atoms with van der Waals surface area (Å²) in [5.74, 6) is 17.5. The first kappa shape index (κ1) is 64.0. The number of esters is 2. The van der Waals surface area contributed by atoms with Gasteiger partial charge in [0, 0.05) is 68.4 Å². The minimum absolute atomic E-state index is 0.0232. The zero-order valence-corrected chi connectivity index (χ0v) is 44.3. The third kappa shape index (κ3) is 44.5. The van der Waals surface area contributed by atoms with Crippen molar-refractivity contribution >= 4 is 104 Å². The Morgan fingerprint density at radius 2 is 1.07 bits per heavy atom. The van der Waals surface area contributed by atoms with E-state index in [0.717, 1.165) is 28.2 Å². The van der Waals surface area contributed by atoms with Gasteiger partial charge in [-0.15, -0.1) is 12.3 Å². The van der Waals surface area contributed by atoms with Gasteiger partial charge >= 0.3 is 24.1 Å². The molecule has 0 amide bonds. The lowest BCUT2D eigenvalue weighted by molar-refractivity contribution is -0.148. The van der Waals surface area contributed by atoms with Crippen LogP contribution in [0.1, 0.15) is 56.6 Å². The summed E-state index contributed by atoms with van der Waals surface area (Å²) in [5.41, 5.74) is 9.83. The third-order valence-corrected chi connectivity index (χ3v) is 8.35. The van der Waals surface area contributed by atoms with Gasteiger partial charge in [0.25, 0.3) is 0 Å². The van der Waals surface area contributed by atoms with E-state index >= 15 is 0 Å². The molecule has 0 aliphatic carbocycles. The van der Waals surface area contributed by atoms with Gasteiger partial charge in [-0.05, 0) is 96.1 Å². The first-order chi connectivity index (χ1) is 32.2. The van der Waals surface area contributed by atoms with Gasteiger partial charge in [0.15, 0.2) is 0 Å². The number of carbonyl (C=O) groups excluding carboxylic acids is 2. The van der Waals surface area contributed by atoms with Crippen LogP contribution in [0.25, 0.3) is 5.53 Å². The molecule has 4 heterocycles. The van der Waals surface area contributed by atoms with Crippen LogP contribution in [0.3, 0.4) is 0 Å². The van der Waals surface area contributed by atoms with Crippen LogP contribution in [0.4, 0.5) is 0 Å². The highest BCUT2D eigenvalue weighted by Gasteiger charge is 2.00. The van der Waals surface area contributed by atoms with Crippen molar-refractivity contribution in [1.29, 1.82) is 0 Å². The molecule has 0 saturated carbocycles. The summed E-state index contributed by atoms with van der Waals surface area (Å²) in [5, 5.41) is 24.7. The summed E-state index contributed by atoms with van der Waals surface area (Å²) < 4.78 is 23.7. The van der Waals surface area contributed by atoms with E-state index in [1.54, 1.807) is 38.6 Å². The molecule has 67 heavy (non-hydrogen) atoms. The van der Waals surface area contributed by atoms with Crippen molar-refractivity contribution < 1.29 is 53.4 Å². The summed E-state index contributed by atoms with van der Waals surface area (Å²) in [6.45, 7) is 4.71. The summed E-state index contributed by atoms with van der Waals surface area (Å²) in [7, 11) is 0. The van der Waals surface area contributed by atoms with Crippen molar-refractivity contribution in [2.75, 3.05) is 52.9 Å². The van der Waals surface area contributed by atoms with Gasteiger partial charge < -0.3 is 39.8 Å². The Morgan fingerprint density at radius 3 is 1.40 bits per heavy atom. The van der Waals surface area contributed by atoms with E-state index in [0.29, 0.717) is 69.7 Å². The summed E-state index contributed by atoms with van der Waals surface area (Å²) in [6, 6.07) is 14.8. The molecule has 3 N–H and O–H groups in total. The lowest BCUT2D eigenvalue weighted by atomic mass is 10.3. The lowest BCUT2D eigenvalue weighted by Gasteiger charge is -2.01. The molecule has 21 heteroatoms.